The summed E-state index contributed by atoms with van der Waals surface area (Å²) >= 11 is 0. The van der Waals surface area contributed by atoms with Crippen molar-refractivity contribution in [3.05, 3.63) is 29.3 Å². The van der Waals surface area contributed by atoms with Gasteiger partial charge in [0, 0.05) is 18.8 Å². The maximum Gasteiger partial charge on any atom is 0.0418 e. The molecule has 0 fully saturated rings. The molecule has 88 valence electrons. The smallest absolute Gasteiger partial charge is 0.0418 e. The van der Waals surface area contributed by atoms with Crippen molar-refractivity contribution >= 4 is 5.69 Å². The van der Waals surface area contributed by atoms with Gasteiger partial charge in [-0.3, -0.25) is 0 Å². The molecule has 0 spiro atoms. The molecule has 0 bridgehead atoms. The lowest BCUT2D eigenvalue weighted by Crippen LogP contribution is -2.21. The Balaban J connectivity index is 2.03. The quantitative estimate of drug-likeness (QED) is 0.812. The molecule has 0 saturated heterocycles. The van der Waals surface area contributed by atoms with E-state index in [9.17, 15) is 0 Å². The minimum absolute atomic E-state index is 0.715. The van der Waals surface area contributed by atoms with E-state index in [0.717, 1.165) is 19.6 Å². The molecule has 0 atom stereocenters. The lowest BCUT2D eigenvalue weighted by atomic mass is 9.99. The van der Waals surface area contributed by atoms with Crippen LogP contribution >= 0.6 is 0 Å². The van der Waals surface area contributed by atoms with Gasteiger partial charge in [0.2, 0.25) is 0 Å². The van der Waals surface area contributed by atoms with Gasteiger partial charge in [0.25, 0.3) is 0 Å². The fourth-order valence-electron chi connectivity index (χ4n) is 2.22. The van der Waals surface area contributed by atoms with Gasteiger partial charge in [-0.15, -0.1) is 0 Å². The normalized spacial score (nSPS) is 14.7. The largest absolute Gasteiger partial charge is 0.385 e. The van der Waals surface area contributed by atoms with Crippen LogP contribution < -0.4 is 10.6 Å². The number of hydrogen-bond acceptors (Lipinski definition) is 2. The Morgan fingerprint density at radius 3 is 3.06 bits per heavy atom. The van der Waals surface area contributed by atoms with Gasteiger partial charge < -0.3 is 10.6 Å². The van der Waals surface area contributed by atoms with Crippen molar-refractivity contribution < 1.29 is 0 Å². The molecular weight excluding hydrogens is 196 g/mol. The fraction of sp³-hybridized carbons (Fsp3) is 0.571. The minimum atomic E-state index is 0.715. The van der Waals surface area contributed by atoms with Gasteiger partial charge in [0.1, 0.15) is 0 Å². The van der Waals surface area contributed by atoms with E-state index >= 15 is 0 Å². The zero-order valence-corrected chi connectivity index (χ0v) is 10.3. The second-order valence-corrected chi connectivity index (χ2v) is 5.01. The van der Waals surface area contributed by atoms with E-state index in [-0.39, 0.29) is 0 Å². The lowest BCUT2D eigenvalue weighted by Gasteiger charge is -2.21. The van der Waals surface area contributed by atoms with Crippen molar-refractivity contribution in [3.8, 4) is 0 Å². The highest BCUT2D eigenvalue weighted by molar-refractivity contribution is 5.59. The standard InChI is InChI=1S/C14H22N2/c1-11(2)9-15-10-13-6-3-5-12-7-4-8-16-14(12)13/h3,5-6,11,15-16H,4,7-10H2,1-2H3. The minimum Gasteiger partial charge on any atom is -0.385 e. The number of rotatable bonds is 4. The molecule has 1 aromatic rings. The van der Waals surface area contributed by atoms with Gasteiger partial charge in [-0.2, -0.15) is 0 Å². The molecule has 0 aliphatic carbocycles. The Hall–Kier alpha value is -1.02. The molecule has 2 nitrogen and oxygen atoms in total. The number of hydrogen-bond donors (Lipinski definition) is 2. The van der Waals surface area contributed by atoms with Gasteiger partial charge >= 0.3 is 0 Å². The van der Waals surface area contributed by atoms with Crippen molar-refractivity contribution in [1.29, 1.82) is 0 Å². The molecule has 1 heterocycles. The van der Waals surface area contributed by atoms with Gasteiger partial charge in [-0.05, 0) is 36.4 Å². The first-order valence-electron chi connectivity index (χ1n) is 6.32. The molecule has 0 radical (unpaired) electrons. The zero-order valence-electron chi connectivity index (χ0n) is 10.3. The first-order valence-corrected chi connectivity index (χ1v) is 6.32. The van der Waals surface area contributed by atoms with Crippen molar-refractivity contribution in [3.63, 3.8) is 0 Å². The van der Waals surface area contributed by atoms with E-state index in [0.29, 0.717) is 5.92 Å². The average Bonchev–Trinajstić information content (AvgIpc) is 2.29. The highest BCUT2D eigenvalue weighted by Gasteiger charge is 2.11. The molecule has 0 amide bonds. The molecular formula is C14H22N2. The summed E-state index contributed by atoms with van der Waals surface area (Å²) in [5, 5.41) is 7.04. The number of nitrogens with one attached hydrogen (secondary N) is 2. The number of fused-ring (bicyclic) bond motifs is 1. The fourth-order valence-corrected chi connectivity index (χ4v) is 2.22. The van der Waals surface area contributed by atoms with Crippen LogP contribution in [-0.2, 0) is 13.0 Å². The third kappa shape index (κ3) is 2.76. The van der Waals surface area contributed by atoms with Gasteiger partial charge in [0.05, 0.1) is 0 Å². The average molecular weight is 218 g/mol. The number of aryl methyl sites for hydroxylation is 1. The Labute approximate surface area is 98.4 Å². The monoisotopic (exact) mass is 218 g/mol. The zero-order chi connectivity index (χ0) is 11.4. The molecule has 2 N–H and O–H groups in total. The summed E-state index contributed by atoms with van der Waals surface area (Å²) in [4.78, 5) is 0. The Morgan fingerprint density at radius 1 is 1.38 bits per heavy atom. The first kappa shape index (κ1) is 11.5. The van der Waals surface area contributed by atoms with Gasteiger partial charge in [0.15, 0.2) is 0 Å². The number of benzene rings is 1. The molecule has 0 aromatic heterocycles. The van der Waals surface area contributed by atoms with Crippen LogP contribution in [0, 0.1) is 5.92 Å². The third-order valence-electron chi connectivity index (χ3n) is 3.03. The molecule has 2 rings (SSSR count). The molecule has 1 aromatic carbocycles. The highest BCUT2D eigenvalue weighted by atomic mass is 14.9. The van der Waals surface area contributed by atoms with E-state index in [2.05, 4.69) is 42.7 Å². The summed E-state index contributed by atoms with van der Waals surface area (Å²) in [5.74, 6) is 0.715. The van der Waals surface area contributed by atoms with Crippen LogP contribution in [0.2, 0.25) is 0 Å². The van der Waals surface area contributed by atoms with Crippen molar-refractivity contribution in [2.24, 2.45) is 5.92 Å². The summed E-state index contributed by atoms with van der Waals surface area (Å²) < 4.78 is 0. The molecule has 1 aliphatic rings. The van der Waals surface area contributed by atoms with Crippen LogP contribution in [-0.4, -0.2) is 13.1 Å². The van der Waals surface area contributed by atoms with Gasteiger partial charge in [-0.1, -0.05) is 32.0 Å². The van der Waals surface area contributed by atoms with E-state index < -0.39 is 0 Å². The van der Waals surface area contributed by atoms with Crippen LogP contribution in [0.1, 0.15) is 31.4 Å². The third-order valence-corrected chi connectivity index (χ3v) is 3.03. The summed E-state index contributed by atoms with van der Waals surface area (Å²) in [7, 11) is 0. The van der Waals surface area contributed by atoms with Crippen molar-refractivity contribution in [2.45, 2.75) is 33.2 Å². The summed E-state index contributed by atoms with van der Waals surface area (Å²) in [6, 6.07) is 6.65. The molecule has 0 saturated carbocycles. The SMILES string of the molecule is CC(C)CNCc1cccc2c1NCCC2. The van der Waals surface area contributed by atoms with Crippen LogP contribution in [0.3, 0.4) is 0 Å². The molecule has 2 heteroatoms. The lowest BCUT2D eigenvalue weighted by molar-refractivity contribution is 0.552. The van der Waals surface area contributed by atoms with E-state index in [1.807, 2.05) is 0 Å². The van der Waals surface area contributed by atoms with E-state index in [1.54, 1.807) is 0 Å². The maximum absolute atomic E-state index is 3.53. The molecule has 0 unspecified atom stereocenters. The number of anilines is 1. The second-order valence-electron chi connectivity index (χ2n) is 5.01. The van der Waals surface area contributed by atoms with Crippen LogP contribution in [0.25, 0.3) is 0 Å². The summed E-state index contributed by atoms with van der Waals surface area (Å²) in [5.41, 5.74) is 4.28. The predicted octanol–water partition coefficient (Wildman–Crippen LogP) is 2.79. The Bertz CT molecular complexity index is 345. The van der Waals surface area contributed by atoms with Crippen molar-refractivity contribution in [1.82, 2.24) is 5.32 Å². The van der Waals surface area contributed by atoms with E-state index in [4.69, 9.17) is 0 Å². The van der Waals surface area contributed by atoms with Crippen LogP contribution in [0.15, 0.2) is 18.2 Å². The Kier molecular flexibility index (Phi) is 3.83. The molecule has 1 aliphatic heterocycles. The van der Waals surface area contributed by atoms with Crippen LogP contribution in [0.5, 0.6) is 0 Å². The summed E-state index contributed by atoms with van der Waals surface area (Å²) in [6.45, 7) is 7.67. The first-order chi connectivity index (χ1) is 7.77. The summed E-state index contributed by atoms with van der Waals surface area (Å²) in [6.07, 6.45) is 2.48. The van der Waals surface area contributed by atoms with E-state index in [1.165, 1.54) is 29.7 Å². The predicted molar refractivity (Wildman–Crippen MR) is 69.8 cm³/mol. The van der Waals surface area contributed by atoms with Gasteiger partial charge in [-0.25, -0.2) is 0 Å². The maximum atomic E-state index is 3.53. The highest BCUT2D eigenvalue weighted by Crippen LogP contribution is 2.25. The molecule has 16 heavy (non-hydrogen) atoms. The number of para-hydroxylation sites is 1. The Morgan fingerprint density at radius 2 is 2.25 bits per heavy atom. The topological polar surface area (TPSA) is 24.1 Å². The van der Waals surface area contributed by atoms with Crippen LogP contribution in [0.4, 0.5) is 5.69 Å². The second kappa shape index (κ2) is 5.35. The van der Waals surface area contributed by atoms with Crippen molar-refractivity contribution in [2.75, 3.05) is 18.4 Å².